The zero-order valence-corrected chi connectivity index (χ0v) is 11.6. The van der Waals surface area contributed by atoms with Crippen molar-refractivity contribution in [3.63, 3.8) is 0 Å². The molecule has 1 amide bonds. The summed E-state index contributed by atoms with van der Waals surface area (Å²) < 4.78 is 0. The Bertz CT molecular complexity index is 255. The van der Waals surface area contributed by atoms with Gasteiger partial charge < -0.3 is 10.4 Å². The zero-order valence-electron chi connectivity index (χ0n) is 11.6. The summed E-state index contributed by atoms with van der Waals surface area (Å²) in [5, 5.41) is 12.7. The average molecular weight is 241 g/mol. The van der Waals surface area contributed by atoms with Crippen LogP contribution in [0.25, 0.3) is 0 Å². The van der Waals surface area contributed by atoms with Gasteiger partial charge in [-0.15, -0.1) is 0 Å². The molecule has 1 unspecified atom stereocenters. The highest BCUT2D eigenvalue weighted by Crippen LogP contribution is 2.32. The molecular formula is C14H27NO2. The fraction of sp³-hybridized carbons (Fsp3) is 0.929. The smallest absolute Gasteiger partial charge is 0.223 e. The molecule has 0 aromatic carbocycles. The monoisotopic (exact) mass is 241 g/mol. The van der Waals surface area contributed by atoms with Crippen LogP contribution in [0.3, 0.4) is 0 Å². The van der Waals surface area contributed by atoms with Crippen molar-refractivity contribution < 1.29 is 9.90 Å². The largest absolute Gasteiger partial charge is 0.394 e. The molecule has 2 N–H and O–H groups in total. The van der Waals surface area contributed by atoms with Crippen molar-refractivity contribution in [3.05, 3.63) is 0 Å². The molecule has 0 aromatic heterocycles. The fourth-order valence-electron chi connectivity index (χ4n) is 2.32. The van der Waals surface area contributed by atoms with E-state index >= 15 is 0 Å². The number of carbonyl (C=O) groups excluding carboxylic acids is 1. The molecule has 0 radical (unpaired) electrons. The first-order valence-electron chi connectivity index (χ1n) is 6.83. The van der Waals surface area contributed by atoms with E-state index < -0.39 is 0 Å². The number of hydrogen-bond donors (Lipinski definition) is 2. The van der Waals surface area contributed by atoms with Crippen LogP contribution in [0.2, 0.25) is 0 Å². The minimum absolute atomic E-state index is 0.0118. The summed E-state index contributed by atoms with van der Waals surface area (Å²) in [6.45, 7) is 8.37. The van der Waals surface area contributed by atoms with E-state index in [1.807, 2.05) is 6.92 Å². The number of aliphatic hydroxyl groups excluding tert-OH is 1. The molecular weight excluding hydrogens is 214 g/mol. The van der Waals surface area contributed by atoms with Gasteiger partial charge in [-0.2, -0.15) is 0 Å². The van der Waals surface area contributed by atoms with Crippen molar-refractivity contribution in [3.8, 4) is 0 Å². The molecule has 0 aromatic rings. The normalized spacial score (nSPS) is 31.3. The predicted octanol–water partition coefficient (Wildman–Crippen LogP) is 2.34. The van der Waals surface area contributed by atoms with Gasteiger partial charge in [0.1, 0.15) is 0 Å². The lowest BCUT2D eigenvalue weighted by Gasteiger charge is -2.39. The Kier molecular flexibility index (Phi) is 4.99. The number of nitrogens with one attached hydrogen (secondary N) is 1. The Morgan fingerprint density at radius 1 is 1.35 bits per heavy atom. The van der Waals surface area contributed by atoms with E-state index in [0.717, 1.165) is 25.7 Å². The summed E-state index contributed by atoms with van der Waals surface area (Å²) in [7, 11) is 0. The highest BCUT2D eigenvalue weighted by Gasteiger charge is 2.36. The van der Waals surface area contributed by atoms with Crippen LogP contribution >= 0.6 is 0 Å². The number of hydrogen-bond acceptors (Lipinski definition) is 2. The number of aliphatic hydroxyl groups is 1. The maximum Gasteiger partial charge on any atom is 0.223 e. The van der Waals surface area contributed by atoms with Gasteiger partial charge in [0.2, 0.25) is 5.91 Å². The van der Waals surface area contributed by atoms with Crippen LogP contribution in [0.4, 0.5) is 0 Å². The van der Waals surface area contributed by atoms with Gasteiger partial charge in [0.25, 0.3) is 0 Å². The highest BCUT2D eigenvalue weighted by atomic mass is 16.3. The van der Waals surface area contributed by atoms with Crippen molar-refractivity contribution in [1.82, 2.24) is 5.32 Å². The van der Waals surface area contributed by atoms with Crippen molar-refractivity contribution in [2.75, 3.05) is 6.61 Å². The van der Waals surface area contributed by atoms with Gasteiger partial charge >= 0.3 is 0 Å². The second kappa shape index (κ2) is 5.85. The van der Waals surface area contributed by atoms with Gasteiger partial charge in [-0.05, 0) is 37.5 Å². The van der Waals surface area contributed by atoms with E-state index in [4.69, 9.17) is 0 Å². The summed E-state index contributed by atoms with van der Waals surface area (Å²) in [6, 6.07) is 0. The molecule has 0 saturated heterocycles. The third-order valence-corrected chi connectivity index (χ3v) is 4.34. The van der Waals surface area contributed by atoms with Gasteiger partial charge in [-0.25, -0.2) is 0 Å². The van der Waals surface area contributed by atoms with Gasteiger partial charge in [0.15, 0.2) is 0 Å². The molecule has 17 heavy (non-hydrogen) atoms. The lowest BCUT2D eigenvalue weighted by molar-refractivity contribution is -0.129. The lowest BCUT2D eigenvalue weighted by Crippen LogP contribution is -2.55. The molecule has 1 fully saturated rings. The molecule has 0 bridgehead atoms. The first-order valence-corrected chi connectivity index (χ1v) is 6.83. The molecule has 3 heteroatoms. The van der Waals surface area contributed by atoms with Crippen LogP contribution in [-0.2, 0) is 4.79 Å². The first-order chi connectivity index (χ1) is 7.90. The molecule has 100 valence electrons. The van der Waals surface area contributed by atoms with E-state index in [2.05, 4.69) is 26.1 Å². The molecule has 1 rings (SSSR count). The second-order valence-electron chi connectivity index (χ2n) is 6.14. The Hall–Kier alpha value is -0.570. The minimum atomic E-state index is -0.354. The summed E-state index contributed by atoms with van der Waals surface area (Å²) in [5.74, 6) is 1.16. The van der Waals surface area contributed by atoms with Crippen LogP contribution in [-0.4, -0.2) is 23.2 Å². The number of amides is 1. The average Bonchev–Trinajstić information content (AvgIpc) is 2.31. The van der Waals surface area contributed by atoms with Crippen LogP contribution in [0, 0.1) is 17.8 Å². The molecule has 1 aliphatic rings. The van der Waals surface area contributed by atoms with E-state index in [9.17, 15) is 9.90 Å². The topological polar surface area (TPSA) is 49.3 Å². The van der Waals surface area contributed by atoms with Gasteiger partial charge in [0.05, 0.1) is 12.1 Å². The van der Waals surface area contributed by atoms with Crippen LogP contribution < -0.4 is 5.32 Å². The van der Waals surface area contributed by atoms with Crippen LogP contribution in [0.1, 0.15) is 53.4 Å². The molecule has 3 nitrogen and oxygen atoms in total. The Labute approximate surface area is 105 Å². The number of rotatable bonds is 4. The highest BCUT2D eigenvalue weighted by molar-refractivity contribution is 5.79. The van der Waals surface area contributed by atoms with Gasteiger partial charge in [-0.3, -0.25) is 4.79 Å². The van der Waals surface area contributed by atoms with E-state index in [0.29, 0.717) is 11.8 Å². The molecule has 1 atom stereocenters. The van der Waals surface area contributed by atoms with Crippen molar-refractivity contribution in [2.45, 2.75) is 58.9 Å². The maximum absolute atomic E-state index is 12.1. The summed E-state index contributed by atoms with van der Waals surface area (Å²) in [5.41, 5.74) is -0.354. The molecule has 0 heterocycles. The number of carbonyl (C=O) groups is 1. The Balaban J connectivity index is 2.60. The van der Waals surface area contributed by atoms with E-state index in [1.165, 1.54) is 0 Å². The van der Waals surface area contributed by atoms with Gasteiger partial charge in [0, 0.05) is 5.92 Å². The second-order valence-corrected chi connectivity index (χ2v) is 6.14. The Morgan fingerprint density at radius 3 is 2.29 bits per heavy atom. The summed E-state index contributed by atoms with van der Waals surface area (Å²) in [4.78, 5) is 12.1. The van der Waals surface area contributed by atoms with Gasteiger partial charge in [-0.1, -0.05) is 27.7 Å². The zero-order chi connectivity index (χ0) is 13.1. The van der Waals surface area contributed by atoms with Crippen LogP contribution in [0.15, 0.2) is 0 Å². The standard InChI is InChI=1S/C14H27NO2/c1-10(2)12(4)13(17)15-14(9-16)7-5-11(3)6-8-14/h10-12,16H,5-9H2,1-4H3,(H,15,17). The van der Waals surface area contributed by atoms with E-state index in [-0.39, 0.29) is 24.0 Å². The maximum atomic E-state index is 12.1. The third kappa shape index (κ3) is 3.70. The first kappa shape index (κ1) is 14.5. The van der Waals surface area contributed by atoms with Crippen molar-refractivity contribution in [2.24, 2.45) is 17.8 Å². The molecule has 1 aliphatic carbocycles. The summed E-state index contributed by atoms with van der Waals surface area (Å²) >= 11 is 0. The summed E-state index contributed by atoms with van der Waals surface area (Å²) in [6.07, 6.45) is 4.00. The lowest BCUT2D eigenvalue weighted by atomic mass is 9.77. The Morgan fingerprint density at radius 2 is 1.88 bits per heavy atom. The van der Waals surface area contributed by atoms with Crippen molar-refractivity contribution in [1.29, 1.82) is 0 Å². The molecule has 0 aliphatic heterocycles. The van der Waals surface area contributed by atoms with Crippen molar-refractivity contribution >= 4 is 5.91 Å². The third-order valence-electron chi connectivity index (χ3n) is 4.34. The minimum Gasteiger partial charge on any atom is -0.394 e. The predicted molar refractivity (Wildman–Crippen MR) is 69.6 cm³/mol. The quantitative estimate of drug-likeness (QED) is 0.793. The van der Waals surface area contributed by atoms with Crippen LogP contribution in [0.5, 0.6) is 0 Å². The van der Waals surface area contributed by atoms with E-state index in [1.54, 1.807) is 0 Å². The molecule has 1 saturated carbocycles. The fourth-order valence-corrected chi connectivity index (χ4v) is 2.32. The molecule has 0 spiro atoms. The SMILES string of the molecule is CC1CCC(CO)(NC(=O)C(C)C(C)C)CC1.